The van der Waals surface area contributed by atoms with Crippen LogP contribution >= 0.6 is 24.0 Å². The van der Waals surface area contributed by atoms with Gasteiger partial charge in [-0.3, -0.25) is 4.99 Å². The summed E-state index contributed by atoms with van der Waals surface area (Å²) in [7, 11) is 1.81. The van der Waals surface area contributed by atoms with E-state index in [0.29, 0.717) is 0 Å². The Labute approximate surface area is 183 Å². The van der Waals surface area contributed by atoms with E-state index in [9.17, 15) is 0 Å². The molecule has 0 aliphatic carbocycles. The molecule has 0 saturated carbocycles. The van der Waals surface area contributed by atoms with Gasteiger partial charge in [0.25, 0.3) is 0 Å². The Morgan fingerprint density at radius 3 is 2.61 bits per heavy atom. The summed E-state index contributed by atoms with van der Waals surface area (Å²) >= 11 is 0. The Bertz CT molecular complexity index is 846. The first-order valence-corrected chi connectivity index (χ1v) is 9.51. The van der Waals surface area contributed by atoms with Crippen LogP contribution in [0.4, 0.5) is 5.82 Å². The van der Waals surface area contributed by atoms with Gasteiger partial charge in [0.15, 0.2) is 5.96 Å². The van der Waals surface area contributed by atoms with Crippen LogP contribution in [0.5, 0.6) is 0 Å². The highest BCUT2D eigenvalue weighted by Gasteiger charge is 2.03. The summed E-state index contributed by atoms with van der Waals surface area (Å²) in [5.74, 6) is 1.78. The predicted molar refractivity (Wildman–Crippen MR) is 129 cm³/mol. The number of nitrogens with zero attached hydrogens (tertiary/aromatic N) is 2. The minimum Gasteiger partial charge on any atom is -0.370 e. The average Bonchev–Trinajstić information content (AvgIpc) is 3.13. The summed E-state index contributed by atoms with van der Waals surface area (Å²) in [4.78, 5) is 11.9. The first-order valence-electron chi connectivity index (χ1n) is 9.51. The number of aromatic nitrogens is 2. The van der Waals surface area contributed by atoms with Gasteiger partial charge >= 0.3 is 0 Å². The van der Waals surface area contributed by atoms with Crippen LogP contribution in [0.2, 0.25) is 0 Å². The fourth-order valence-electron chi connectivity index (χ4n) is 3.02. The molecule has 0 aliphatic heterocycles. The molecule has 3 rings (SSSR count). The highest BCUT2D eigenvalue weighted by molar-refractivity contribution is 14.0. The molecule has 0 unspecified atom stereocenters. The molecule has 0 bridgehead atoms. The van der Waals surface area contributed by atoms with Gasteiger partial charge in [0, 0.05) is 50.0 Å². The van der Waals surface area contributed by atoms with Gasteiger partial charge in [-0.25, -0.2) is 4.98 Å². The zero-order chi connectivity index (χ0) is 18.7. The maximum Gasteiger partial charge on any atom is 0.190 e. The second-order valence-corrected chi connectivity index (χ2v) is 6.38. The van der Waals surface area contributed by atoms with Crippen LogP contribution in [0.15, 0.2) is 59.9 Å². The molecule has 0 fully saturated rings. The lowest BCUT2D eigenvalue weighted by Gasteiger charge is -2.12. The highest BCUT2D eigenvalue weighted by atomic mass is 127. The van der Waals surface area contributed by atoms with E-state index in [0.717, 1.165) is 50.7 Å². The molecular weight excluding hydrogens is 463 g/mol. The van der Waals surface area contributed by atoms with Crippen LogP contribution in [-0.2, 0) is 6.42 Å². The van der Waals surface area contributed by atoms with E-state index in [1.165, 1.54) is 16.5 Å². The van der Waals surface area contributed by atoms with E-state index in [4.69, 9.17) is 0 Å². The minimum atomic E-state index is 0. The van der Waals surface area contributed by atoms with Crippen molar-refractivity contribution in [1.82, 2.24) is 20.6 Å². The van der Waals surface area contributed by atoms with Crippen LogP contribution in [0.3, 0.4) is 0 Å². The summed E-state index contributed by atoms with van der Waals surface area (Å²) in [5.41, 5.74) is 2.52. The number of nitrogens with one attached hydrogen (secondary N) is 4. The molecule has 0 spiro atoms. The quantitative estimate of drug-likeness (QED) is 0.159. The lowest BCUT2D eigenvalue weighted by atomic mass is 10.1. The van der Waals surface area contributed by atoms with Gasteiger partial charge in [0.2, 0.25) is 0 Å². The summed E-state index contributed by atoms with van der Waals surface area (Å²) in [6.07, 6.45) is 7.00. The number of hydrogen-bond acceptors (Lipinski definition) is 3. The fraction of sp³-hybridized carbons (Fsp3) is 0.333. The third kappa shape index (κ3) is 6.70. The van der Waals surface area contributed by atoms with E-state index in [1.54, 1.807) is 6.20 Å². The molecule has 0 amide bonds. The summed E-state index contributed by atoms with van der Waals surface area (Å²) < 4.78 is 0. The third-order valence-electron chi connectivity index (χ3n) is 4.45. The van der Waals surface area contributed by atoms with Crippen molar-refractivity contribution in [3.63, 3.8) is 0 Å². The predicted octanol–water partition coefficient (Wildman–Crippen LogP) is 3.78. The molecule has 0 radical (unpaired) electrons. The molecule has 0 atom stereocenters. The number of anilines is 1. The number of halogens is 1. The third-order valence-corrected chi connectivity index (χ3v) is 4.45. The number of aliphatic imine (C=N–C) groups is 1. The number of pyridine rings is 1. The van der Waals surface area contributed by atoms with Crippen molar-refractivity contribution in [2.24, 2.45) is 4.99 Å². The van der Waals surface area contributed by atoms with Gasteiger partial charge in [-0.1, -0.05) is 24.3 Å². The van der Waals surface area contributed by atoms with Crippen LogP contribution in [0.25, 0.3) is 10.9 Å². The molecule has 3 aromatic rings. The van der Waals surface area contributed by atoms with Crippen molar-refractivity contribution < 1.29 is 0 Å². The Morgan fingerprint density at radius 2 is 1.79 bits per heavy atom. The van der Waals surface area contributed by atoms with Crippen molar-refractivity contribution in [3.05, 3.63) is 60.4 Å². The zero-order valence-electron chi connectivity index (χ0n) is 16.2. The number of H-pyrrole nitrogens is 1. The van der Waals surface area contributed by atoms with Crippen LogP contribution in [0.1, 0.15) is 18.4 Å². The zero-order valence-corrected chi connectivity index (χ0v) is 18.6. The molecule has 6 nitrogen and oxygen atoms in total. The molecule has 0 aliphatic rings. The Morgan fingerprint density at radius 1 is 1.00 bits per heavy atom. The first-order chi connectivity index (χ1) is 13.4. The van der Waals surface area contributed by atoms with Crippen molar-refractivity contribution in [2.45, 2.75) is 19.3 Å². The molecule has 7 heteroatoms. The normalized spacial score (nSPS) is 11.1. The molecule has 4 N–H and O–H groups in total. The largest absolute Gasteiger partial charge is 0.370 e. The van der Waals surface area contributed by atoms with E-state index in [1.807, 2.05) is 25.2 Å². The molecule has 0 saturated heterocycles. The fourth-order valence-corrected chi connectivity index (χ4v) is 3.02. The highest BCUT2D eigenvalue weighted by Crippen LogP contribution is 2.17. The number of hydrogen-bond donors (Lipinski definition) is 4. The first kappa shape index (κ1) is 22.0. The second kappa shape index (κ2) is 12.2. The monoisotopic (exact) mass is 492 g/mol. The van der Waals surface area contributed by atoms with Gasteiger partial charge < -0.3 is 20.9 Å². The molecule has 150 valence electrons. The van der Waals surface area contributed by atoms with Gasteiger partial charge in [-0.2, -0.15) is 0 Å². The second-order valence-electron chi connectivity index (χ2n) is 6.38. The summed E-state index contributed by atoms with van der Waals surface area (Å²) in [6, 6.07) is 14.3. The Balaban J connectivity index is 0.00000280. The molecule has 2 heterocycles. The minimum absolute atomic E-state index is 0. The van der Waals surface area contributed by atoms with Crippen molar-refractivity contribution in [3.8, 4) is 0 Å². The lowest BCUT2D eigenvalue weighted by Crippen LogP contribution is -2.38. The lowest BCUT2D eigenvalue weighted by molar-refractivity contribution is 0.710. The standard InChI is InChI=1S/C21H28N6.HI/c1-22-21(25-14-7-6-13-24-20-10-4-5-12-23-20)26-15-11-17-16-27-19-9-3-2-8-18(17)19;/h2-5,8-10,12,16,27H,6-7,11,13-15H2,1H3,(H,23,24)(H2,22,25,26);1H. The van der Waals surface area contributed by atoms with E-state index in [-0.39, 0.29) is 24.0 Å². The number of benzene rings is 1. The van der Waals surface area contributed by atoms with E-state index in [2.05, 4.69) is 61.4 Å². The SMILES string of the molecule is CN=C(NCCCCNc1ccccn1)NCCc1c[nH]c2ccccc12.I. The van der Waals surface area contributed by atoms with Crippen molar-refractivity contribution in [2.75, 3.05) is 32.0 Å². The number of para-hydroxylation sites is 1. The van der Waals surface area contributed by atoms with Gasteiger partial charge in [-0.15, -0.1) is 24.0 Å². The molecule has 28 heavy (non-hydrogen) atoms. The maximum absolute atomic E-state index is 4.30. The Hall–Kier alpha value is -2.29. The number of aromatic amines is 1. The van der Waals surface area contributed by atoms with Crippen LogP contribution in [-0.4, -0.2) is 42.6 Å². The Kier molecular flexibility index (Phi) is 9.61. The van der Waals surface area contributed by atoms with Crippen LogP contribution in [0, 0.1) is 0 Å². The van der Waals surface area contributed by atoms with Crippen LogP contribution < -0.4 is 16.0 Å². The van der Waals surface area contributed by atoms with Gasteiger partial charge in [0.05, 0.1) is 0 Å². The smallest absolute Gasteiger partial charge is 0.190 e. The van der Waals surface area contributed by atoms with E-state index >= 15 is 0 Å². The number of unbranched alkanes of at least 4 members (excludes halogenated alkanes) is 1. The number of rotatable bonds is 9. The average molecular weight is 492 g/mol. The van der Waals surface area contributed by atoms with E-state index < -0.39 is 0 Å². The molecular formula is C21H29IN6. The number of fused-ring (bicyclic) bond motifs is 1. The van der Waals surface area contributed by atoms with Crippen molar-refractivity contribution in [1.29, 1.82) is 0 Å². The van der Waals surface area contributed by atoms with Gasteiger partial charge in [0.1, 0.15) is 5.82 Å². The summed E-state index contributed by atoms with van der Waals surface area (Å²) in [5, 5.41) is 11.4. The molecule has 2 aromatic heterocycles. The molecule has 1 aromatic carbocycles. The topological polar surface area (TPSA) is 77.1 Å². The maximum atomic E-state index is 4.30. The summed E-state index contributed by atoms with van der Waals surface area (Å²) in [6.45, 7) is 2.67. The number of guanidine groups is 1. The van der Waals surface area contributed by atoms with Gasteiger partial charge in [-0.05, 0) is 43.0 Å². The van der Waals surface area contributed by atoms with Crippen molar-refractivity contribution >= 4 is 46.7 Å².